The summed E-state index contributed by atoms with van der Waals surface area (Å²) in [6.45, 7) is 6.21. The van der Waals surface area contributed by atoms with Gasteiger partial charge in [0.05, 0.1) is 5.69 Å². The van der Waals surface area contributed by atoms with Crippen LogP contribution in [0.15, 0.2) is 0 Å². The minimum absolute atomic E-state index is 0.168. The van der Waals surface area contributed by atoms with E-state index in [1.807, 2.05) is 27.8 Å². The summed E-state index contributed by atoms with van der Waals surface area (Å²) in [5, 5.41) is 6.27. The van der Waals surface area contributed by atoms with Crippen LogP contribution in [0.1, 0.15) is 29.3 Å². The van der Waals surface area contributed by atoms with Crippen molar-refractivity contribution in [3.05, 3.63) is 17.0 Å². The van der Waals surface area contributed by atoms with Gasteiger partial charge in [-0.05, 0) is 20.8 Å². The van der Waals surface area contributed by atoms with Crippen molar-refractivity contribution in [3.63, 3.8) is 0 Å². The first-order valence-corrected chi connectivity index (χ1v) is 5.34. The van der Waals surface area contributed by atoms with Crippen molar-refractivity contribution >= 4 is 17.5 Å². The van der Waals surface area contributed by atoms with Gasteiger partial charge in [-0.2, -0.15) is 5.10 Å². The molecule has 0 fully saturated rings. The first-order valence-electron chi connectivity index (χ1n) is 4.90. The van der Waals surface area contributed by atoms with Gasteiger partial charge in [0.1, 0.15) is 5.38 Å². The Morgan fingerprint density at radius 3 is 2.60 bits per heavy atom. The third-order valence-electron chi connectivity index (χ3n) is 2.40. The largest absolute Gasteiger partial charge is 0.355 e. The van der Waals surface area contributed by atoms with E-state index in [1.165, 1.54) is 0 Å². The summed E-state index contributed by atoms with van der Waals surface area (Å²) in [6.07, 6.45) is 0. The van der Waals surface area contributed by atoms with Gasteiger partial charge in [-0.3, -0.25) is 9.48 Å². The van der Waals surface area contributed by atoms with Gasteiger partial charge in [-0.1, -0.05) is 0 Å². The molecule has 0 saturated carbocycles. The summed E-state index contributed by atoms with van der Waals surface area (Å²) in [6, 6.07) is 0. The molecule has 1 aromatic rings. The summed E-state index contributed by atoms with van der Waals surface area (Å²) in [5.41, 5.74) is 2.55. The number of nitrogens with one attached hydrogen (secondary N) is 1. The molecule has 4 nitrogen and oxygen atoms in total. The molecule has 1 rings (SSSR count). The fourth-order valence-corrected chi connectivity index (χ4v) is 1.94. The maximum Gasteiger partial charge on any atom is 0.242 e. The Labute approximate surface area is 94.6 Å². The van der Waals surface area contributed by atoms with Gasteiger partial charge >= 0.3 is 0 Å². The molecule has 1 unspecified atom stereocenters. The molecule has 0 bridgehead atoms. The predicted molar refractivity (Wildman–Crippen MR) is 60.0 cm³/mol. The van der Waals surface area contributed by atoms with E-state index >= 15 is 0 Å². The molecule has 1 atom stereocenters. The number of rotatable bonds is 3. The molecule has 0 spiro atoms. The van der Waals surface area contributed by atoms with Crippen LogP contribution in [0.25, 0.3) is 0 Å². The van der Waals surface area contributed by atoms with Gasteiger partial charge in [-0.15, -0.1) is 11.6 Å². The van der Waals surface area contributed by atoms with Crippen molar-refractivity contribution < 1.29 is 4.79 Å². The molecular formula is C10H16ClN3O. The first-order chi connectivity index (χ1) is 6.99. The lowest BCUT2D eigenvalue weighted by atomic mass is 10.1. The molecule has 84 valence electrons. The Kier molecular flexibility index (Phi) is 3.74. The fourth-order valence-electron chi connectivity index (χ4n) is 1.55. The number of nitrogens with zero attached hydrogens (tertiary/aromatic N) is 2. The molecule has 1 N–H and O–H groups in total. The number of amides is 1. The lowest BCUT2D eigenvalue weighted by Crippen LogP contribution is -2.27. The summed E-state index contributed by atoms with van der Waals surface area (Å²) >= 11 is 6.09. The van der Waals surface area contributed by atoms with Crippen LogP contribution in [0.3, 0.4) is 0 Å². The highest BCUT2D eigenvalue weighted by molar-refractivity contribution is 6.31. The van der Waals surface area contributed by atoms with E-state index < -0.39 is 5.38 Å². The Balaban J connectivity index is 3.00. The zero-order chi connectivity index (χ0) is 11.6. The molecule has 15 heavy (non-hydrogen) atoms. The topological polar surface area (TPSA) is 46.9 Å². The van der Waals surface area contributed by atoms with Gasteiger partial charge in [0.2, 0.25) is 5.91 Å². The van der Waals surface area contributed by atoms with Crippen molar-refractivity contribution in [1.82, 2.24) is 15.1 Å². The zero-order valence-corrected chi connectivity index (χ0v) is 10.2. The predicted octanol–water partition coefficient (Wildman–Crippen LogP) is 1.45. The van der Waals surface area contributed by atoms with E-state index in [0.29, 0.717) is 6.54 Å². The van der Waals surface area contributed by atoms with Gasteiger partial charge < -0.3 is 5.32 Å². The van der Waals surface area contributed by atoms with Crippen LogP contribution in [0.5, 0.6) is 0 Å². The van der Waals surface area contributed by atoms with E-state index in [1.54, 1.807) is 4.68 Å². The molecule has 1 heterocycles. The average Bonchev–Trinajstić information content (AvgIpc) is 2.41. The molecule has 1 aromatic heterocycles. The highest BCUT2D eigenvalue weighted by Crippen LogP contribution is 2.26. The average molecular weight is 230 g/mol. The van der Waals surface area contributed by atoms with E-state index in [0.717, 1.165) is 17.0 Å². The minimum Gasteiger partial charge on any atom is -0.355 e. The van der Waals surface area contributed by atoms with E-state index in [-0.39, 0.29) is 5.91 Å². The third kappa shape index (κ3) is 2.31. The molecule has 0 radical (unpaired) electrons. The third-order valence-corrected chi connectivity index (χ3v) is 2.82. The zero-order valence-electron chi connectivity index (χ0n) is 9.47. The molecule has 0 aromatic carbocycles. The number of hydrogen-bond acceptors (Lipinski definition) is 2. The van der Waals surface area contributed by atoms with Gasteiger partial charge in [0.15, 0.2) is 0 Å². The SMILES string of the molecule is CCNC(=O)C(Cl)c1c(C)nn(C)c1C. The minimum atomic E-state index is -0.654. The van der Waals surface area contributed by atoms with Crippen LogP contribution in [-0.2, 0) is 11.8 Å². The number of hydrogen-bond donors (Lipinski definition) is 1. The van der Waals surface area contributed by atoms with Gasteiger partial charge in [0, 0.05) is 24.8 Å². The second kappa shape index (κ2) is 4.66. The summed E-state index contributed by atoms with van der Waals surface area (Å²) < 4.78 is 1.74. The van der Waals surface area contributed by atoms with Crippen LogP contribution in [0.2, 0.25) is 0 Å². The van der Waals surface area contributed by atoms with Gasteiger partial charge in [-0.25, -0.2) is 0 Å². The van der Waals surface area contributed by atoms with Crippen molar-refractivity contribution in [1.29, 1.82) is 0 Å². The van der Waals surface area contributed by atoms with Crippen LogP contribution in [-0.4, -0.2) is 22.2 Å². The molecule has 0 aliphatic carbocycles. The second-order valence-corrected chi connectivity index (χ2v) is 3.90. The smallest absolute Gasteiger partial charge is 0.242 e. The van der Waals surface area contributed by atoms with Crippen molar-refractivity contribution in [2.75, 3.05) is 6.54 Å². The van der Waals surface area contributed by atoms with E-state index in [4.69, 9.17) is 11.6 Å². The maximum atomic E-state index is 11.6. The molecule has 0 aliphatic rings. The Hall–Kier alpha value is -1.03. The summed E-state index contributed by atoms with van der Waals surface area (Å²) in [7, 11) is 1.84. The number of aryl methyl sites for hydroxylation is 2. The van der Waals surface area contributed by atoms with Gasteiger partial charge in [0.25, 0.3) is 0 Å². The standard InChI is InChI=1S/C10H16ClN3O/c1-5-12-10(15)9(11)8-6(2)13-14(4)7(8)3/h9H,5H2,1-4H3,(H,12,15). The lowest BCUT2D eigenvalue weighted by molar-refractivity contribution is -0.120. The van der Waals surface area contributed by atoms with Crippen molar-refractivity contribution in [3.8, 4) is 0 Å². The Morgan fingerprint density at radius 1 is 1.60 bits per heavy atom. The van der Waals surface area contributed by atoms with Crippen molar-refractivity contribution in [2.45, 2.75) is 26.1 Å². The molecule has 0 aliphatic heterocycles. The maximum absolute atomic E-state index is 11.6. The Bertz CT molecular complexity index is 373. The van der Waals surface area contributed by atoms with E-state index in [2.05, 4.69) is 10.4 Å². The molecule has 0 saturated heterocycles. The quantitative estimate of drug-likeness (QED) is 0.798. The van der Waals surface area contributed by atoms with Crippen LogP contribution in [0, 0.1) is 13.8 Å². The highest BCUT2D eigenvalue weighted by Gasteiger charge is 2.23. The number of carbonyl (C=O) groups excluding carboxylic acids is 1. The Morgan fingerprint density at radius 2 is 2.20 bits per heavy atom. The lowest BCUT2D eigenvalue weighted by Gasteiger charge is -2.09. The molecule has 1 amide bonds. The summed E-state index contributed by atoms with van der Waals surface area (Å²) in [5.74, 6) is -0.168. The number of alkyl halides is 1. The summed E-state index contributed by atoms with van der Waals surface area (Å²) in [4.78, 5) is 11.6. The van der Waals surface area contributed by atoms with Crippen LogP contribution >= 0.6 is 11.6 Å². The monoisotopic (exact) mass is 229 g/mol. The van der Waals surface area contributed by atoms with Crippen molar-refractivity contribution in [2.24, 2.45) is 7.05 Å². The normalized spacial score (nSPS) is 12.6. The molecule has 5 heteroatoms. The first kappa shape index (κ1) is 12.0. The number of halogens is 1. The number of likely N-dealkylation sites (N-methyl/N-ethyl adjacent to an activating group) is 1. The van der Waals surface area contributed by atoms with E-state index in [9.17, 15) is 4.79 Å². The molecular weight excluding hydrogens is 214 g/mol. The van der Waals surface area contributed by atoms with Crippen LogP contribution < -0.4 is 5.32 Å². The highest BCUT2D eigenvalue weighted by atomic mass is 35.5. The van der Waals surface area contributed by atoms with Crippen LogP contribution in [0.4, 0.5) is 0 Å². The number of carbonyl (C=O) groups is 1. The fraction of sp³-hybridized carbons (Fsp3) is 0.600. The second-order valence-electron chi connectivity index (χ2n) is 3.47. The number of aromatic nitrogens is 2.